The Morgan fingerprint density at radius 3 is 2.67 bits per heavy atom. The van der Waals surface area contributed by atoms with Crippen molar-refractivity contribution >= 4 is 5.97 Å². The van der Waals surface area contributed by atoms with Crippen molar-refractivity contribution in [3.8, 4) is 0 Å². The van der Waals surface area contributed by atoms with E-state index in [9.17, 15) is 9.90 Å². The van der Waals surface area contributed by atoms with E-state index < -0.39 is 5.97 Å². The van der Waals surface area contributed by atoms with E-state index in [1.807, 2.05) is 38.1 Å². The standard InChI is InChI=1S/C15H22O3/c1-3-9-18-10-8-14(15(16)17)11-13-7-5-4-6-12(13)2/h4-7,14H,3,8-11H2,1-2H3,(H,16,17). The number of carboxylic acids is 1. The van der Waals surface area contributed by atoms with Crippen LogP contribution in [-0.2, 0) is 16.0 Å². The molecule has 0 saturated heterocycles. The van der Waals surface area contributed by atoms with Crippen molar-refractivity contribution in [1.29, 1.82) is 0 Å². The number of ether oxygens (including phenoxy) is 1. The Bertz CT molecular complexity index is 374. The molecule has 1 rings (SSSR count). The van der Waals surface area contributed by atoms with Gasteiger partial charge in [0.15, 0.2) is 0 Å². The van der Waals surface area contributed by atoms with Gasteiger partial charge >= 0.3 is 5.97 Å². The highest BCUT2D eigenvalue weighted by Gasteiger charge is 2.18. The molecule has 1 aromatic carbocycles. The Morgan fingerprint density at radius 1 is 1.33 bits per heavy atom. The van der Waals surface area contributed by atoms with Gasteiger partial charge < -0.3 is 9.84 Å². The van der Waals surface area contributed by atoms with Gasteiger partial charge in [0.1, 0.15) is 0 Å². The summed E-state index contributed by atoms with van der Waals surface area (Å²) in [5, 5.41) is 9.23. The number of aryl methyl sites for hydroxylation is 1. The van der Waals surface area contributed by atoms with Crippen molar-refractivity contribution in [2.24, 2.45) is 5.92 Å². The van der Waals surface area contributed by atoms with Gasteiger partial charge in [-0.1, -0.05) is 31.2 Å². The molecule has 0 aromatic heterocycles. The second-order valence-electron chi connectivity index (χ2n) is 4.57. The molecular formula is C15H22O3. The molecule has 0 spiro atoms. The summed E-state index contributed by atoms with van der Waals surface area (Å²) >= 11 is 0. The molecule has 0 bridgehead atoms. The van der Waals surface area contributed by atoms with E-state index in [0.717, 1.165) is 17.5 Å². The molecule has 1 N–H and O–H groups in total. The van der Waals surface area contributed by atoms with Gasteiger partial charge in [-0.25, -0.2) is 0 Å². The zero-order valence-electron chi connectivity index (χ0n) is 11.2. The van der Waals surface area contributed by atoms with Crippen molar-refractivity contribution in [3.63, 3.8) is 0 Å². The van der Waals surface area contributed by atoms with Gasteiger partial charge in [0.2, 0.25) is 0 Å². The molecule has 0 aliphatic rings. The first-order valence-electron chi connectivity index (χ1n) is 6.50. The summed E-state index contributed by atoms with van der Waals surface area (Å²) in [5.41, 5.74) is 2.26. The molecule has 0 heterocycles. The summed E-state index contributed by atoms with van der Waals surface area (Å²) in [7, 11) is 0. The van der Waals surface area contributed by atoms with Crippen molar-refractivity contribution in [1.82, 2.24) is 0 Å². The van der Waals surface area contributed by atoms with Crippen LogP contribution < -0.4 is 0 Å². The number of hydrogen-bond acceptors (Lipinski definition) is 2. The van der Waals surface area contributed by atoms with Crippen molar-refractivity contribution in [2.45, 2.75) is 33.1 Å². The molecule has 0 aliphatic carbocycles. The maximum Gasteiger partial charge on any atom is 0.306 e. The summed E-state index contributed by atoms with van der Waals surface area (Å²) in [4.78, 5) is 11.2. The van der Waals surface area contributed by atoms with E-state index in [1.54, 1.807) is 0 Å². The first-order chi connectivity index (χ1) is 8.65. The lowest BCUT2D eigenvalue weighted by molar-refractivity contribution is -0.142. The van der Waals surface area contributed by atoms with Crippen LogP contribution in [-0.4, -0.2) is 24.3 Å². The Labute approximate surface area is 109 Å². The molecule has 1 atom stereocenters. The highest BCUT2D eigenvalue weighted by Crippen LogP contribution is 2.16. The second kappa shape index (κ2) is 7.88. The lowest BCUT2D eigenvalue weighted by Gasteiger charge is -2.14. The average Bonchev–Trinajstić information content (AvgIpc) is 2.35. The number of benzene rings is 1. The molecule has 1 aromatic rings. The predicted molar refractivity (Wildman–Crippen MR) is 71.7 cm³/mol. The predicted octanol–water partition coefficient (Wildman–Crippen LogP) is 3.06. The summed E-state index contributed by atoms with van der Waals surface area (Å²) in [5.74, 6) is -1.10. The van der Waals surface area contributed by atoms with Gasteiger partial charge in [0.25, 0.3) is 0 Å². The average molecular weight is 250 g/mol. The first kappa shape index (κ1) is 14.7. The first-order valence-corrected chi connectivity index (χ1v) is 6.50. The molecule has 3 heteroatoms. The van der Waals surface area contributed by atoms with Crippen LogP contribution in [0.3, 0.4) is 0 Å². The minimum atomic E-state index is -0.738. The maximum atomic E-state index is 11.2. The Kier molecular flexibility index (Phi) is 6.44. The number of rotatable bonds is 8. The smallest absolute Gasteiger partial charge is 0.306 e. The number of carboxylic acid groups (broad SMARTS) is 1. The Morgan fingerprint density at radius 2 is 2.06 bits per heavy atom. The van der Waals surface area contributed by atoms with Gasteiger partial charge in [0.05, 0.1) is 5.92 Å². The molecule has 0 amide bonds. The van der Waals surface area contributed by atoms with Crippen molar-refractivity contribution in [2.75, 3.05) is 13.2 Å². The quantitative estimate of drug-likeness (QED) is 0.721. The van der Waals surface area contributed by atoms with Crippen LogP contribution in [0.2, 0.25) is 0 Å². The zero-order chi connectivity index (χ0) is 13.4. The normalized spacial score (nSPS) is 12.3. The maximum absolute atomic E-state index is 11.2. The van der Waals surface area contributed by atoms with Gasteiger partial charge in [-0.2, -0.15) is 0 Å². The SMILES string of the molecule is CCCOCCC(Cc1ccccc1C)C(=O)O. The fraction of sp³-hybridized carbons (Fsp3) is 0.533. The van der Waals surface area contributed by atoms with Gasteiger partial charge in [-0.15, -0.1) is 0 Å². The molecule has 0 fully saturated rings. The third-order valence-electron chi connectivity index (χ3n) is 3.04. The van der Waals surface area contributed by atoms with Crippen LogP contribution in [0.25, 0.3) is 0 Å². The van der Waals surface area contributed by atoms with E-state index in [-0.39, 0.29) is 5.92 Å². The highest BCUT2D eigenvalue weighted by atomic mass is 16.5. The van der Waals surface area contributed by atoms with Crippen LogP contribution in [0.5, 0.6) is 0 Å². The number of carbonyl (C=O) groups is 1. The molecule has 1 unspecified atom stereocenters. The van der Waals surface area contributed by atoms with Crippen LogP contribution in [0, 0.1) is 12.8 Å². The Hall–Kier alpha value is -1.35. The highest BCUT2D eigenvalue weighted by molar-refractivity contribution is 5.70. The minimum absolute atomic E-state index is 0.358. The van der Waals surface area contributed by atoms with Crippen molar-refractivity contribution in [3.05, 3.63) is 35.4 Å². The molecule has 100 valence electrons. The van der Waals surface area contributed by atoms with E-state index in [4.69, 9.17) is 4.74 Å². The summed E-state index contributed by atoms with van der Waals surface area (Å²) in [6.07, 6.45) is 2.12. The molecule has 0 radical (unpaired) electrons. The monoisotopic (exact) mass is 250 g/mol. The topological polar surface area (TPSA) is 46.5 Å². The summed E-state index contributed by atoms with van der Waals surface area (Å²) in [6.45, 7) is 5.29. The van der Waals surface area contributed by atoms with E-state index in [2.05, 4.69) is 0 Å². The van der Waals surface area contributed by atoms with Crippen LogP contribution in [0.15, 0.2) is 24.3 Å². The second-order valence-corrected chi connectivity index (χ2v) is 4.57. The Balaban J connectivity index is 2.53. The van der Waals surface area contributed by atoms with Gasteiger partial charge in [-0.05, 0) is 37.3 Å². The fourth-order valence-electron chi connectivity index (χ4n) is 1.89. The van der Waals surface area contributed by atoms with E-state index in [0.29, 0.717) is 26.1 Å². The van der Waals surface area contributed by atoms with Crippen LogP contribution in [0.1, 0.15) is 30.9 Å². The third-order valence-corrected chi connectivity index (χ3v) is 3.04. The van der Waals surface area contributed by atoms with Crippen molar-refractivity contribution < 1.29 is 14.6 Å². The third kappa shape index (κ3) is 4.88. The van der Waals surface area contributed by atoms with E-state index >= 15 is 0 Å². The molecule has 0 aliphatic heterocycles. The molecule has 3 nitrogen and oxygen atoms in total. The lowest BCUT2D eigenvalue weighted by atomic mass is 9.94. The summed E-state index contributed by atoms with van der Waals surface area (Å²) in [6, 6.07) is 7.94. The largest absolute Gasteiger partial charge is 0.481 e. The molecule has 18 heavy (non-hydrogen) atoms. The fourth-order valence-corrected chi connectivity index (χ4v) is 1.89. The number of hydrogen-bond donors (Lipinski definition) is 1. The van der Waals surface area contributed by atoms with Crippen LogP contribution in [0.4, 0.5) is 0 Å². The van der Waals surface area contributed by atoms with Gasteiger partial charge in [-0.3, -0.25) is 4.79 Å². The lowest BCUT2D eigenvalue weighted by Crippen LogP contribution is -2.19. The zero-order valence-corrected chi connectivity index (χ0v) is 11.2. The van der Waals surface area contributed by atoms with Gasteiger partial charge in [0, 0.05) is 13.2 Å². The number of aliphatic carboxylic acids is 1. The van der Waals surface area contributed by atoms with Crippen LogP contribution >= 0.6 is 0 Å². The molecule has 0 saturated carbocycles. The minimum Gasteiger partial charge on any atom is -0.481 e. The van der Waals surface area contributed by atoms with E-state index in [1.165, 1.54) is 0 Å². The summed E-state index contributed by atoms with van der Waals surface area (Å²) < 4.78 is 5.37. The molecular weight excluding hydrogens is 228 g/mol.